The van der Waals surface area contributed by atoms with Crippen LogP contribution in [-0.4, -0.2) is 223 Å². The predicted octanol–water partition coefficient (Wildman–Crippen LogP) is 18.6. The molecule has 10 atom stereocenters. The number of nitrogens with zero attached hydrogens (tertiary/aromatic N) is 9. The highest BCUT2D eigenvalue weighted by molar-refractivity contribution is 7.14. The summed E-state index contributed by atoms with van der Waals surface area (Å²) in [5.74, 6) is -0.383. The van der Waals surface area contributed by atoms with Crippen molar-refractivity contribution in [1.29, 1.82) is 0 Å². The van der Waals surface area contributed by atoms with E-state index in [1.807, 2.05) is 233 Å². The van der Waals surface area contributed by atoms with E-state index in [4.69, 9.17) is 9.47 Å². The van der Waals surface area contributed by atoms with E-state index in [1.165, 1.54) is 9.80 Å². The topological polar surface area (TPSA) is 350 Å². The lowest BCUT2D eigenvalue weighted by Gasteiger charge is -2.36. The molecule has 0 radical (unpaired) electrons. The van der Waals surface area contributed by atoms with Crippen LogP contribution in [0.3, 0.4) is 0 Å². The number of likely N-dealkylation sites (tertiary alicyclic amines) is 4. The molecule has 0 saturated carbocycles. The van der Waals surface area contributed by atoms with Gasteiger partial charge in [-0.3, -0.25) is 47.9 Å². The van der Waals surface area contributed by atoms with E-state index in [2.05, 4.69) is 61.7 Å². The molecule has 4 fully saturated rings. The SMILES string of the molecule is CCC1(C(=O)CCc2ccc(-c3scnc3C)cc2)C[C@@H](O)CN1C(=O)c1cccc(C)c1.COc1ccc(CCC(=O)N[C@H](C(=O)N2C[C@H](O)C[C@H]2C(=O)CCc2ccc(-c3scnc3C)cc2)C(C)(C)C)cc1.COc1ccc2c(c1)CN([C@H](C(=O)N1C[C@H](O)C[C@H]1C(=O)CCc1ccc(-c3scnc3C)cc1)C(C)C)C2=O.Cc1cccc(C(=O)N2C[C@H](O)CC2(C)C(=O)CCc2ccc(-c3scnc3C)cc2)c1. The fraction of sp³-hybridized carbons (Fsp3) is 0.402. The number of aliphatic hydroxyl groups is 4. The number of methoxy groups -OCH3 is 2. The molecule has 0 aliphatic carbocycles. The van der Waals surface area contributed by atoms with Crippen LogP contribution in [0.4, 0.5) is 0 Å². The van der Waals surface area contributed by atoms with Crippen molar-refractivity contribution in [2.45, 2.75) is 253 Å². The van der Waals surface area contributed by atoms with Crippen LogP contribution < -0.4 is 14.8 Å². The van der Waals surface area contributed by atoms with E-state index in [1.54, 1.807) is 105 Å². The van der Waals surface area contributed by atoms with Crippen LogP contribution in [0.1, 0.15) is 211 Å². The van der Waals surface area contributed by atoms with Gasteiger partial charge in [0.15, 0.2) is 23.1 Å². The number of hydrogen-bond acceptors (Lipinski definition) is 24. The Labute approximate surface area is 877 Å². The van der Waals surface area contributed by atoms with Crippen molar-refractivity contribution in [1.82, 2.24) is 49.8 Å². The number of aliphatic hydroxyl groups excluding tert-OH is 4. The Kier molecular flexibility index (Phi) is 36.6. The minimum Gasteiger partial charge on any atom is -0.497 e. The van der Waals surface area contributed by atoms with Gasteiger partial charge in [-0.05, 0) is 209 Å². The number of β-amino-alcohol motifs (C(OH)–C–C–N with tert-alkyl or cyclic N) is 4. The van der Waals surface area contributed by atoms with Crippen molar-refractivity contribution in [3.63, 3.8) is 0 Å². The fourth-order valence-corrected chi connectivity index (χ4v) is 23.7. The molecule has 17 rings (SSSR count). The summed E-state index contributed by atoms with van der Waals surface area (Å²) in [6.07, 6.45) is 2.74. The average molecular weight is 2060 g/mol. The number of rotatable bonds is 33. The van der Waals surface area contributed by atoms with Crippen LogP contribution in [0, 0.1) is 52.9 Å². The zero-order valence-electron chi connectivity index (χ0n) is 86.4. The van der Waals surface area contributed by atoms with Crippen molar-refractivity contribution < 1.29 is 77.8 Å². The molecule has 5 aliphatic heterocycles. The molecule has 4 aromatic heterocycles. The second-order valence-electron chi connectivity index (χ2n) is 40.7. The van der Waals surface area contributed by atoms with Gasteiger partial charge in [-0.2, -0.15) is 0 Å². The highest BCUT2D eigenvalue weighted by Gasteiger charge is 2.53. The first-order valence-electron chi connectivity index (χ1n) is 50.4. The summed E-state index contributed by atoms with van der Waals surface area (Å²) in [6, 6.07) is 57.3. The second-order valence-corrected chi connectivity index (χ2v) is 44.2. The van der Waals surface area contributed by atoms with Crippen LogP contribution in [0.15, 0.2) is 210 Å². The minimum atomic E-state index is -1.00. The number of carbonyl (C=O) groups is 10. The van der Waals surface area contributed by atoms with E-state index in [0.717, 1.165) is 115 Å². The molecule has 9 heterocycles. The summed E-state index contributed by atoms with van der Waals surface area (Å²) in [5, 5.41) is 44.6. The Bertz CT molecular complexity index is 6670. The molecule has 0 bridgehead atoms. The number of Topliss-reactive ketones (excluding diaryl/α,β-unsaturated/α-hetero) is 4. The van der Waals surface area contributed by atoms with Crippen LogP contribution in [0.5, 0.6) is 11.5 Å². The second kappa shape index (κ2) is 48.9. The number of aromatic nitrogens is 4. The summed E-state index contributed by atoms with van der Waals surface area (Å²) < 4.78 is 10.5. The van der Waals surface area contributed by atoms with Crippen molar-refractivity contribution >= 4 is 104 Å². The van der Waals surface area contributed by atoms with Gasteiger partial charge in [0.25, 0.3) is 17.7 Å². The van der Waals surface area contributed by atoms with E-state index in [-0.39, 0.29) is 129 Å². The van der Waals surface area contributed by atoms with Crippen LogP contribution in [-0.2, 0) is 72.2 Å². The van der Waals surface area contributed by atoms with Gasteiger partial charge in [-0.1, -0.05) is 186 Å². The summed E-state index contributed by atoms with van der Waals surface area (Å²) in [4.78, 5) is 164. The van der Waals surface area contributed by atoms with Gasteiger partial charge in [0.05, 0.1) is 115 Å². The van der Waals surface area contributed by atoms with E-state index in [9.17, 15) is 68.4 Å². The normalized spacial score (nSPS) is 19.3. The molecular formula is C117H134N10O16S4. The number of ketones is 4. The van der Waals surface area contributed by atoms with Gasteiger partial charge >= 0.3 is 0 Å². The molecule has 26 nitrogen and oxygen atoms in total. The fourth-order valence-electron chi connectivity index (χ4n) is 20.4. The minimum absolute atomic E-state index is 0.0163. The van der Waals surface area contributed by atoms with Crippen LogP contribution >= 0.6 is 45.3 Å². The maximum atomic E-state index is 13.9. The molecule has 5 N–H and O–H groups in total. The lowest BCUT2D eigenvalue weighted by Crippen LogP contribution is -2.56. The Hall–Kier alpha value is -12.8. The molecule has 147 heavy (non-hydrogen) atoms. The molecule has 30 heteroatoms. The summed E-state index contributed by atoms with van der Waals surface area (Å²) in [6.45, 7) is 25.9. The number of carbonyl (C=O) groups excluding carboxylic acids is 10. The summed E-state index contributed by atoms with van der Waals surface area (Å²) in [5.41, 5.74) is 23.0. The van der Waals surface area contributed by atoms with Crippen molar-refractivity contribution in [2.75, 3.05) is 40.4 Å². The average Bonchev–Trinajstić information content (AvgIpc) is 1.63. The zero-order chi connectivity index (χ0) is 105. The number of hydrogen-bond donors (Lipinski definition) is 5. The molecule has 4 saturated heterocycles. The molecule has 12 aromatic rings. The molecule has 6 amide bonds. The largest absolute Gasteiger partial charge is 0.497 e. The van der Waals surface area contributed by atoms with Gasteiger partial charge in [0, 0.05) is 107 Å². The van der Waals surface area contributed by atoms with E-state index >= 15 is 0 Å². The van der Waals surface area contributed by atoms with Crippen molar-refractivity contribution in [3.05, 3.63) is 294 Å². The molecule has 0 spiro atoms. The third-order valence-corrected chi connectivity index (χ3v) is 32.6. The van der Waals surface area contributed by atoms with Gasteiger partial charge in [-0.25, -0.2) is 19.9 Å². The Morgan fingerprint density at radius 1 is 0.456 bits per heavy atom. The number of nitrogens with one attached hydrogen (secondary N) is 1. The maximum absolute atomic E-state index is 13.9. The van der Waals surface area contributed by atoms with E-state index < -0.39 is 65.1 Å². The highest BCUT2D eigenvalue weighted by Crippen LogP contribution is 2.41. The molecule has 5 aliphatic rings. The first-order valence-corrected chi connectivity index (χ1v) is 53.9. The van der Waals surface area contributed by atoms with Gasteiger partial charge in [0.1, 0.15) is 34.7 Å². The lowest BCUT2D eigenvalue weighted by atomic mass is 9.84. The van der Waals surface area contributed by atoms with Gasteiger partial charge in [0.2, 0.25) is 17.7 Å². The monoisotopic (exact) mass is 2060 g/mol. The standard InChI is InChI=1S/C33H41N3O5S.C31H35N3O5S.C27H30N2O3S.C26H28N2O3S/c1-21-30(42-20-34-21)24-12-6-22(7-13-24)10-16-28(38)27-18-25(37)19-36(27)32(40)31(33(2,3)4)35-29(39)17-11-23-8-14-26(41-5)15-9-23;1-18(2)28(34-15-22-13-24(39-4)10-11-25(22)30(34)37)31(38)33-16-23(35)14-26(33)27(36)12-7-20-5-8-21(9-6-20)29-19(3)32-17-40-29;1-4-27(15-23(30)16-29(27)26(32)22-7-5-6-18(2)14-22)24(31)13-10-20-8-11-21(12-9-20)25-19(3)28-17-33-25;1-17-5-4-6-21(13-17)25(31)28-15-22(29)14-26(28,3)23(30)12-9-19-7-10-20(11-8-19)24-18(2)27-16-32-24/h6-9,12-15,20,25,27,31,37H,10-11,16-19H2,1-5H3,(H,35,39);5-6,8-11,13,17-18,23,26,28,35H,7,12,14-16H2,1-4H3;5-9,11-12,14,17,23,30H,4,10,13,15-16H2,1-3H3;4-8,10-11,13,16,22,29H,9,12,14-15H2,1-3H3/t25-,27+,31-;23-,26+,28+;23-,27?;22-,26?/m1111/s1. The summed E-state index contributed by atoms with van der Waals surface area (Å²) in [7, 11) is 3.18. The molecular weight excluding hydrogens is 1930 g/mol. The predicted molar refractivity (Wildman–Crippen MR) is 576 cm³/mol. The Morgan fingerprint density at radius 3 is 1.23 bits per heavy atom. The number of thiazole rings is 4. The van der Waals surface area contributed by atoms with Crippen LogP contribution in [0.25, 0.3) is 41.8 Å². The zero-order valence-corrected chi connectivity index (χ0v) is 89.7. The maximum Gasteiger partial charge on any atom is 0.255 e. The molecule has 2 unspecified atom stereocenters. The number of benzene rings is 8. The quantitative estimate of drug-likeness (QED) is 0.0255. The first-order chi connectivity index (χ1) is 70.2. The van der Waals surface area contributed by atoms with Gasteiger partial charge in [-0.15, -0.1) is 45.3 Å². The van der Waals surface area contributed by atoms with Crippen molar-refractivity contribution in [2.24, 2.45) is 11.3 Å². The molecule has 772 valence electrons. The number of ether oxygens (including phenoxy) is 2. The smallest absolute Gasteiger partial charge is 0.255 e. The third kappa shape index (κ3) is 26.5. The number of aryl methyl sites for hydroxylation is 11. The summed E-state index contributed by atoms with van der Waals surface area (Å²) >= 11 is 6.44. The Morgan fingerprint density at radius 2 is 0.837 bits per heavy atom. The van der Waals surface area contributed by atoms with E-state index in [0.29, 0.717) is 86.8 Å². The van der Waals surface area contributed by atoms with Crippen LogP contribution in [0.2, 0.25) is 0 Å². The highest BCUT2D eigenvalue weighted by atomic mass is 32.1. The van der Waals surface area contributed by atoms with Crippen molar-refractivity contribution in [3.8, 4) is 53.3 Å². The first kappa shape index (κ1) is 110. The Balaban J connectivity index is 0.000000156. The number of amides is 6. The number of fused-ring (bicyclic) bond motifs is 1. The lowest BCUT2D eigenvalue weighted by molar-refractivity contribution is -0.143. The molecule has 8 aromatic carbocycles. The van der Waals surface area contributed by atoms with Gasteiger partial charge < -0.3 is 59.7 Å². The third-order valence-electron chi connectivity index (χ3n) is 28.7.